The first-order valence-electron chi connectivity index (χ1n) is 6.61. The summed E-state index contributed by atoms with van der Waals surface area (Å²) in [4.78, 5) is 11.6. The summed E-state index contributed by atoms with van der Waals surface area (Å²) in [6.07, 6.45) is 1.10. The predicted octanol–water partition coefficient (Wildman–Crippen LogP) is 2.35. The van der Waals surface area contributed by atoms with Crippen molar-refractivity contribution < 1.29 is 4.79 Å². The number of hydrogen-bond acceptors (Lipinski definition) is 3. The maximum atomic E-state index is 11.6. The highest BCUT2D eigenvalue weighted by Crippen LogP contribution is 2.17. The molecule has 0 bridgehead atoms. The van der Waals surface area contributed by atoms with Crippen LogP contribution in [0.4, 0.5) is 10.5 Å². The summed E-state index contributed by atoms with van der Waals surface area (Å²) in [6.45, 7) is 5.25. The van der Waals surface area contributed by atoms with Crippen LogP contribution in [0, 0.1) is 0 Å². The van der Waals surface area contributed by atoms with E-state index in [1.54, 1.807) is 19.1 Å². The monoisotopic (exact) mass is 264 g/mol. The van der Waals surface area contributed by atoms with Gasteiger partial charge < -0.3 is 10.6 Å². The Balaban J connectivity index is 2.63. The van der Waals surface area contributed by atoms with Gasteiger partial charge in [-0.2, -0.15) is 0 Å². The van der Waals surface area contributed by atoms with Crippen LogP contribution >= 0.6 is 0 Å². The molecule has 0 aliphatic carbocycles. The third-order valence-corrected chi connectivity index (χ3v) is 2.67. The van der Waals surface area contributed by atoms with Crippen LogP contribution in [-0.2, 0) is 0 Å². The molecule has 0 aliphatic heterocycles. The van der Waals surface area contributed by atoms with E-state index in [-0.39, 0.29) is 12.1 Å². The molecule has 0 radical (unpaired) electrons. The van der Waals surface area contributed by atoms with Crippen molar-refractivity contribution in [3.63, 3.8) is 0 Å². The van der Waals surface area contributed by atoms with Crippen molar-refractivity contribution in [3.05, 3.63) is 29.8 Å². The largest absolute Gasteiger partial charge is 0.333 e. The summed E-state index contributed by atoms with van der Waals surface area (Å²) in [5, 5.41) is 7.83. The van der Waals surface area contributed by atoms with Gasteiger partial charge in [-0.05, 0) is 37.6 Å². The number of hydrazine groups is 1. The van der Waals surface area contributed by atoms with E-state index in [2.05, 4.69) is 36.0 Å². The second kappa shape index (κ2) is 7.76. The van der Waals surface area contributed by atoms with E-state index in [9.17, 15) is 4.79 Å². The third kappa shape index (κ3) is 5.72. The number of carbonyl (C=O) groups excluding carboxylic acids is 1. The number of anilines is 1. The van der Waals surface area contributed by atoms with Gasteiger partial charge in [0.2, 0.25) is 0 Å². The molecule has 0 aromatic heterocycles. The maximum absolute atomic E-state index is 11.6. The summed E-state index contributed by atoms with van der Waals surface area (Å²) in [5.41, 5.74) is 4.60. The number of amides is 2. The van der Waals surface area contributed by atoms with Gasteiger partial charge in [-0.25, -0.2) is 9.80 Å². The second-order valence-electron chi connectivity index (χ2n) is 4.76. The molecule has 5 nitrogen and oxygen atoms in total. The first-order valence-corrected chi connectivity index (χ1v) is 6.61. The molecular weight excluding hydrogens is 240 g/mol. The van der Waals surface area contributed by atoms with Gasteiger partial charge in [0.15, 0.2) is 0 Å². The number of nitrogens with one attached hydrogen (secondary N) is 3. The number of urea groups is 1. The maximum Gasteiger partial charge on any atom is 0.333 e. The van der Waals surface area contributed by atoms with Crippen LogP contribution in [0.3, 0.4) is 0 Å². The zero-order valence-corrected chi connectivity index (χ0v) is 12.2. The zero-order chi connectivity index (χ0) is 14.3. The first-order chi connectivity index (χ1) is 9.02. The molecule has 0 heterocycles. The molecule has 1 unspecified atom stereocenters. The highest BCUT2D eigenvalue weighted by atomic mass is 16.2. The molecule has 2 amide bonds. The molecule has 0 spiro atoms. The van der Waals surface area contributed by atoms with Gasteiger partial charge in [-0.3, -0.25) is 5.43 Å². The molecule has 1 atom stereocenters. The summed E-state index contributed by atoms with van der Waals surface area (Å²) >= 11 is 0. The van der Waals surface area contributed by atoms with Crippen LogP contribution < -0.4 is 16.1 Å². The van der Waals surface area contributed by atoms with Crippen molar-refractivity contribution in [2.45, 2.75) is 26.3 Å². The predicted molar refractivity (Wildman–Crippen MR) is 79.0 cm³/mol. The number of hydrogen-bond donors (Lipinski definition) is 3. The molecular formula is C14H24N4O. The summed E-state index contributed by atoms with van der Waals surface area (Å²) in [7, 11) is 3.54. The lowest BCUT2D eigenvalue weighted by atomic mass is 10.1. The van der Waals surface area contributed by atoms with Gasteiger partial charge in [0.25, 0.3) is 0 Å². The zero-order valence-electron chi connectivity index (χ0n) is 12.2. The number of benzene rings is 1. The smallest absolute Gasteiger partial charge is 0.310 e. The van der Waals surface area contributed by atoms with Crippen molar-refractivity contribution in [1.29, 1.82) is 0 Å². The Bertz CT molecular complexity index is 406. The van der Waals surface area contributed by atoms with Crippen molar-refractivity contribution in [2.75, 3.05) is 26.0 Å². The molecule has 0 fully saturated rings. The van der Waals surface area contributed by atoms with E-state index in [0.717, 1.165) is 24.2 Å². The van der Waals surface area contributed by atoms with Gasteiger partial charge in [0.1, 0.15) is 0 Å². The molecule has 0 aliphatic rings. The van der Waals surface area contributed by atoms with Gasteiger partial charge in [-0.15, -0.1) is 0 Å². The minimum absolute atomic E-state index is 0.240. The SMILES string of the molecule is CCCNC(C)c1cccc(NC(=O)NN(C)C)c1. The average molecular weight is 264 g/mol. The molecule has 3 N–H and O–H groups in total. The van der Waals surface area contributed by atoms with Crippen LogP contribution in [0.2, 0.25) is 0 Å². The Morgan fingerprint density at radius 3 is 2.74 bits per heavy atom. The molecule has 1 aromatic rings. The van der Waals surface area contributed by atoms with E-state index in [1.807, 2.05) is 18.2 Å². The van der Waals surface area contributed by atoms with E-state index in [4.69, 9.17) is 0 Å². The van der Waals surface area contributed by atoms with Crippen molar-refractivity contribution in [2.24, 2.45) is 0 Å². The topological polar surface area (TPSA) is 56.4 Å². The summed E-state index contributed by atoms with van der Waals surface area (Å²) < 4.78 is 0. The minimum Gasteiger partial charge on any atom is -0.310 e. The van der Waals surface area contributed by atoms with Gasteiger partial charge >= 0.3 is 6.03 Å². The van der Waals surface area contributed by atoms with E-state index in [0.29, 0.717) is 0 Å². The molecule has 106 valence electrons. The molecule has 0 saturated carbocycles. The quantitative estimate of drug-likeness (QED) is 0.691. The fourth-order valence-corrected chi connectivity index (χ4v) is 1.73. The Labute approximate surface area is 115 Å². The Hall–Kier alpha value is -1.59. The van der Waals surface area contributed by atoms with Crippen LogP contribution in [0.15, 0.2) is 24.3 Å². The highest BCUT2D eigenvalue weighted by Gasteiger charge is 2.06. The fourth-order valence-electron chi connectivity index (χ4n) is 1.73. The molecule has 1 aromatic carbocycles. The Kier molecular flexibility index (Phi) is 6.32. The number of nitrogens with zero attached hydrogens (tertiary/aromatic N) is 1. The van der Waals surface area contributed by atoms with Crippen LogP contribution in [0.25, 0.3) is 0 Å². The van der Waals surface area contributed by atoms with E-state index in [1.165, 1.54) is 0 Å². The highest BCUT2D eigenvalue weighted by molar-refractivity contribution is 5.88. The van der Waals surface area contributed by atoms with Gasteiger partial charge in [-0.1, -0.05) is 19.1 Å². The van der Waals surface area contributed by atoms with E-state index >= 15 is 0 Å². The van der Waals surface area contributed by atoms with Crippen molar-refractivity contribution >= 4 is 11.7 Å². The standard InChI is InChI=1S/C14H24N4O/c1-5-9-15-11(2)12-7-6-8-13(10-12)16-14(19)17-18(3)4/h6-8,10-11,15H,5,9H2,1-4H3,(H2,16,17,19). The van der Waals surface area contributed by atoms with Gasteiger partial charge in [0.05, 0.1) is 0 Å². The number of rotatable bonds is 6. The van der Waals surface area contributed by atoms with Crippen LogP contribution in [-0.4, -0.2) is 31.7 Å². The molecule has 19 heavy (non-hydrogen) atoms. The normalized spacial score (nSPS) is 12.3. The third-order valence-electron chi connectivity index (χ3n) is 2.67. The Morgan fingerprint density at radius 1 is 1.37 bits per heavy atom. The second-order valence-corrected chi connectivity index (χ2v) is 4.76. The Morgan fingerprint density at radius 2 is 2.11 bits per heavy atom. The van der Waals surface area contributed by atoms with E-state index < -0.39 is 0 Å². The molecule has 5 heteroatoms. The fraction of sp³-hybridized carbons (Fsp3) is 0.500. The lowest BCUT2D eigenvalue weighted by Crippen LogP contribution is -2.39. The number of carbonyl (C=O) groups is 1. The van der Waals surface area contributed by atoms with Crippen molar-refractivity contribution in [3.8, 4) is 0 Å². The lowest BCUT2D eigenvalue weighted by Gasteiger charge is -2.16. The summed E-state index contributed by atoms with van der Waals surface area (Å²) in [6, 6.07) is 7.91. The molecule has 1 rings (SSSR count). The minimum atomic E-state index is -0.240. The van der Waals surface area contributed by atoms with Crippen molar-refractivity contribution in [1.82, 2.24) is 15.8 Å². The average Bonchev–Trinajstić information content (AvgIpc) is 2.35. The molecule has 0 saturated heterocycles. The van der Waals surface area contributed by atoms with Crippen LogP contribution in [0.1, 0.15) is 31.9 Å². The lowest BCUT2D eigenvalue weighted by molar-refractivity contribution is 0.224. The first kappa shape index (κ1) is 15.5. The van der Waals surface area contributed by atoms with Gasteiger partial charge in [0, 0.05) is 25.8 Å². The summed E-state index contributed by atoms with van der Waals surface area (Å²) in [5.74, 6) is 0. The van der Waals surface area contributed by atoms with Crippen LogP contribution in [0.5, 0.6) is 0 Å².